The summed E-state index contributed by atoms with van der Waals surface area (Å²) in [4.78, 5) is 5.08. The first-order valence-corrected chi connectivity index (χ1v) is 6.09. The van der Waals surface area contributed by atoms with Gasteiger partial charge in [0.1, 0.15) is 11.4 Å². The Morgan fingerprint density at radius 2 is 2.18 bits per heavy atom. The van der Waals surface area contributed by atoms with Crippen LogP contribution in [0.4, 0.5) is 0 Å². The Labute approximate surface area is 107 Å². The van der Waals surface area contributed by atoms with Gasteiger partial charge in [0.25, 0.3) is 0 Å². The van der Waals surface area contributed by atoms with E-state index in [1.54, 1.807) is 7.11 Å². The molecule has 94 valence electrons. The number of ether oxygens (including phenoxy) is 1. The van der Waals surface area contributed by atoms with Crippen LogP contribution in [0.25, 0.3) is 0 Å². The summed E-state index contributed by atoms with van der Waals surface area (Å²) in [5, 5.41) is 0.654. The summed E-state index contributed by atoms with van der Waals surface area (Å²) in [5.74, 6) is 0.775. The summed E-state index contributed by atoms with van der Waals surface area (Å²) in [6.45, 7) is 6.17. The average Bonchev–Trinajstić information content (AvgIpc) is 2.22. The monoisotopic (exact) mass is 255 g/mol. The van der Waals surface area contributed by atoms with Crippen molar-refractivity contribution in [3.05, 3.63) is 28.3 Å². The third-order valence-electron chi connectivity index (χ3n) is 3.05. The lowest BCUT2D eigenvalue weighted by Crippen LogP contribution is -2.39. The molecule has 1 heterocycles. The number of halogens is 1. The number of benzene rings is 1. The summed E-state index contributed by atoms with van der Waals surface area (Å²) in [6.07, 6.45) is 0.842. The quantitative estimate of drug-likeness (QED) is 0.822. The topological polar surface area (TPSA) is 30.5 Å². The number of nitrogens with one attached hydrogen (secondary N) is 1. The lowest BCUT2D eigenvalue weighted by molar-refractivity contribution is 0.00276. The lowest BCUT2D eigenvalue weighted by Gasteiger charge is -2.38. The van der Waals surface area contributed by atoms with Crippen LogP contribution in [-0.4, -0.2) is 12.7 Å². The first-order chi connectivity index (χ1) is 7.94. The number of rotatable bonds is 2. The first-order valence-electron chi connectivity index (χ1n) is 5.71. The normalized spacial score (nSPS) is 21.8. The first kappa shape index (κ1) is 12.7. The zero-order chi connectivity index (χ0) is 12.6. The van der Waals surface area contributed by atoms with E-state index in [2.05, 4.69) is 26.3 Å². The average molecular weight is 256 g/mol. The summed E-state index contributed by atoms with van der Waals surface area (Å²) in [6, 6.07) is 3.99. The molecule has 0 saturated heterocycles. The van der Waals surface area contributed by atoms with Crippen molar-refractivity contribution in [1.82, 2.24) is 5.48 Å². The van der Waals surface area contributed by atoms with Crippen LogP contribution in [-0.2, 0) is 4.84 Å². The van der Waals surface area contributed by atoms with Gasteiger partial charge < -0.3 is 9.57 Å². The number of hydrogen-bond acceptors (Lipinski definition) is 3. The standard InChI is InChI=1S/C13H18ClNO2/c1-8-5-6-9(14)12-11(8)10(15-16-4)7-13(2,3)17-12/h5-6,10,15H,7H2,1-4H3. The summed E-state index contributed by atoms with van der Waals surface area (Å²) in [5.41, 5.74) is 5.03. The molecule has 0 aliphatic carbocycles. The van der Waals surface area contributed by atoms with Crippen molar-refractivity contribution in [3.8, 4) is 5.75 Å². The Bertz CT molecular complexity index is 432. The molecule has 1 N–H and O–H groups in total. The van der Waals surface area contributed by atoms with Crippen LogP contribution in [0.5, 0.6) is 5.75 Å². The second-order valence-electron chi connectivity index (χ2n) is 5.05. The molecule has 0 fully saturated rings. The maximum Gasteiger partial charge on any atom is 0.143 e. The van der Waals surface area contributed by atoms with Crippen LogP contribution in [0.3, 0.4) is 0 Å². The van der Waals surface area contributed by atoms with E-state index in [-0.39, 0.29) is 11.6 Å². The van der Waals surface area contributed by atoms with Crippen LogP contribution >= 0.6 is 11.6 Å². The number of hydroxylamine groups is 1. The van der Waals surface area contributed by atoms with Crippen molar-refractivity contribution < 1.29 is 9.57 Å². The van der Waals surface area contributed by atoms with E-state index in [9.17, 15) is 0 Å². The molecule has 0 spiro atoms. The van der Waals surface area contributed by atoms with Crippen LogP contribution in [0.1, 0.15) is 37.4 Å². The molecule has 1 aromatic rings. The Morgan fingerprint density at radius 3 is 2.82 bits per heavy atom. The van der Waals surface area contributed by atoms with E-state index < -0.39 is 0 Å². The van der Waals surface area contributed by atoms with Gasteiger partial charge in [-0.1, -0.05) is 17.7 Å². The molecule has 0 bridgehead atoms. The van der Waals surface area contributed by atoms with E-state index in [0.717, 1.165) is 23.3 Å². The maximum absolute atomic E-state index is 6.21. The van der Waals surface area contributed by atoms with E-state index in [1.165, 1.54) is 0 Å². The largest absolute Gasteiger partial charge is 0.486 e. The van der Waals surface area contributed by atoms with Gasteiger partial charge in [0.15, 0.2) is 0 Å². The van der Waals surface area contributed by atoms with Gasteiger partial charge in [0.05, 0.1) is 18.2 Å². The Kier molecular flexibility index (Phi) is 3.34. The second kappa shape index (κ2) is 4.48. The molecule has 0 amide bonds. The van der Waals surface area contributed by atoms with Crippen molar-refractivity contribution in [3.63, 3.8) is 0 Å². The highest BCUT2D eigenvalue weighted by Gasteiger charge is 2.36. The fourth-order valence-electron chi connectivity index (χ4n) is 2.36. The molecular formula is C13H18ClNO2. The van der Waals surface area contributed by atoms with Gasteiger partial charge in [-0.3, -0.25) is 0 Å². The van der Waals surface area contributed by atoms with Gasteiger partial charge in [-0.05, 0) is 32.4 Å². The van der Waals surface area contributed by atoms with Crippen LogP contribution in [0, 0.1) is 6.92 Å². The van der Waals surface area contributed by atoms with Crippen molar-refractivity contribution >= 4 is 11.6 Å². The fourth-order valence-corrected chi connectivity index (χ4v) is 2.57. The minimum absolute atomic E-state index is 0.109. The van der Waals surface area contributed by atoms with E-state index in [0.29, 0.717) is 5.02 Å². The van der Waals surface area contributed by atoms with Crippen molar-refractivity contribution in [2.75, 3.05) is 7.11 Å². The molecule has 0 radical (unpaired) electrons. The minimum atomic E-state index is -0.249. The predicted octanol–water partition coefficient (Wildman–Crippen LogP) is 3.40. The molecule has 17 heavy (non-hydrogen) atoms. The van der Waals surface area contributed by atoms with Gasteiger partial charge in [-0.15, -0.1) is 0 Å². The highest BCUT2D eigenvalue weighted by atomic mass is 35.5. The number of aryl methyl sites for hydroxylation is 1. The highest BCUT2D eigenvalue weighted by Crippen LogP contribution is 2.44. The fraction of sp³-hybridized carbons (Fsp3) is 0.538. The SMILES string of the molecule is CONC1CC(C)(C)Oc2c(Cl)ccc(C)c21. The van der Waals surface area contributed by atoms with Crippen LogP contribution in [0.15, 0.2) is 12.1 Å². The minimum Gasteiger partial charge on any atom is -0.486 e. The molecule has 1 aliphatic rings. The zero-order valence-electron chi connectivity index (χ0n) is 10.6. The third kappa shape index (κ3) is 2.41. The van der Waals surface area contributed by atoms with E-state index in [1.807, 2.05) is 12.1 Å². The molecule has 1 aromatic carbocycles. The molecule has 1 atom stereocenters. The molecule has 1 aliphatic heterocycles. The Hall–Kier alpha value is -0.770. The zero-order valence-corrected chi connectivity index (χ0v) is 11.4. The molecule has 0 saturated carbocycles. The summed E-state index contributed by atoms with van der Waals surface area (Å²) < 4.78 is 5.98. The molecule has 3 nitrogen and oxygen atoms in total. The number of hydrogen-bond donors (Lipinski definition) is 1. The molecule has 4 heteroatoms. The summed E-state index contributed by atoms with van der Waals surface area (Å²) in [7, 11) is 1.63. The molecular weight excluding hydrogens is 238 g/mol. The van der Waals surface area contributed by atoms with Gasteiger partial charge in [-0.25, -0.2) is 0 Å². The van der Waals surface area contributed by atoms with Gasteiger partial charge in [0, 0.05) is 12.0 Å². The van der Waals surface area contributed by atoms with Crippen molar-refractivity contribution in [1.29, 1.82) is 0 Å². The molecule has 1 unspecified atom stereocenters. The second-order valence-corrected chi connectivity index (χ2v) is 5.45. The van der Waals surface area contributed by atoms with Gasteiger partial charge in [-0.2, -0.15) is 5.48 Å². The predicted molar refractivity (Wildman–Crippen MR) is 68.4 cm³/mol. The lowest BCUT2D eigenvalue weighted by atomic mass is 9.88. The Morgan fingerprint density at radius 1 is 1.47 bits per heavy atom. The van der Waals surface area contributed by atoms with Crippen molar-refractivity contribution in [2.24, 2.45) is 0 Å². The van der Waals surface area contributed by atoms with Gasteiger partial charge >= 0.3 is 0 Å². The Balaban J connectivity index is 2.52. The van der Waals surface area contributed by atoms with E-state index >= 15 is 0 Å². The molecule has 2 rings (SSSR count). The van der Waals surface area contributed by atoms with Crippen molar-refractivity contribution in [2.45, 2.75) is 38.8 Å². The third-order valence-corrected chi connectivity index (χ3v) is 3.35. The van der Waals surface area contributed by atoms with Gasteiger partial charge in [0.2, 0.25) is 0 Å². The highest BCUT2D eigenvalue weighted by molar-refractivity contribution is 6.32. The van der Waals surface area contributed by atoms with E-state index in [4.69, 9.17) is 21.2 Å². The van der Waals surface area contributed by atoms with Crippen LogP contribution in [0.2, 0.25) is 5.02 Å². The number of fused-ring (bicyclic) bond motifs is 1. The van der Waals surface area contributed by atoms with Crippen LogP contribution < -0.4 is 10.2 Å². The smallest absolute Gasteiger partial charge is 0.143 e. The maximum atomic E-state index is 6.21. The molecule has 0 aromatic heterocycles. The summed E-state index contributed by atoms with van der Waals surface area (Å²) >= 11 is 6.21.